The predicted octanol–water partition coefficient (Wildman–Crippen LogP) is -3.60. The number of benzene rings is 7. The zero-order valence-corrected chi connectivity index (χ0v) is 29.8. The third kappa shape index (κ3) is 4.79. The molecule has 0 aliphatic heterocycles. The zero-order chi connectivity index (χ0) is 34.1. The molecule has 1 heterocycles. The van der Waals surface area contributed by atoms with Gasteiger partial charge in [-0.25, -0.2) is 4.98 Å². The highest BCUT2D eigenvalue weighted by Crippen LogP contribution is 2.41. The van der Waals surface area contributed by atoms with Crippen LogP contribution in [0.2, 0.25) is 0 Å². The molecule has 0 unspecified atom stereocenters. The van der Waals surface area contributed by atoms with E-state index in [2.05, 4.69) is 169 Å². The van der Waals surface area contributed by atoms with Gasteiger partial charge in [0.25, 0.3) is 0 Å². The molecule has 8 aromatic rings. The van der Waals surface area contributed by atoms with E-state index in [1.807, 2.05) is 12.4 Å². The number of hydrogen-bond donors (Lipinski definition) is 0. The average molecular weight is 617 g/mol. The van der Waals surface area contributed by atoms with Gasteiger partial charge in [0, 0.05) is 5.69 Å². The van der Waals surface area contributed by atoms with Gasteiger partial charge in [-0.15, -0.1) is 21.9 Å². The molecule has 0 fully saturated rings. The van der Waals surface area contributed by atoms with E-state index < -0.39 is 0 Å². The molecule has 0 atom stereocenters. The number of nitrogens with zero attached hydrogens (tertiary/aromatic N) is 2. The molecule has 0 saturated carbocycles. The lowest BCUT2D eigenvalue weighted by atomic mass is 9.59. The maximum Gasteiger partial charge on any atom is 0.139 e. The second-order valence-electron chi connectivity index (χ2n) is 13.8. The molecule has 0 bridgehead atoms. The molecule has 0 amide bonds. The number of para-hydroxylation sites is 2. The van der Waals surface area contributed by atoms with E-state index in [0.29, 0.717) is 0 Å². The van der Waals surface area contributed by atoms with E-state index in [1.165, 1.54) is 98.6 Å². The van der Waals surface area contributed by atoms with E-state index in [1.54, 1.807) is 0 Å². The summed E-state index contributed by atoms with van der Waals surface area (Å²) in [6.07, 6.45) is 1.93. The Bertz CT molecular complexity index is 2530. The van der Waals surface area contributed by atoms with Gasteiger partial charge in [0.05, 0.1) is 11.0 Å². The molecule has 0 aliphatic carbocycles. The Morgan fingerprint density at radius 3 is 1.24 bits per heavy atom. The van der Waals surface area contributed by atoms with Crippen LogP contribution in [0.15, 0.2) is 109 Å². The summed E-state index contributed by atoms with van der Waals surface area (Å²) < 4.78 is 2.18. The molecule has 0 aliphatic rings. The third-order valence-corrected chi connectivity index (χ3v) is 11.5. The van der Waals surface area contributed by atoms with Crippen molar-refractivity contribution in [2.75, 3.05) is 0 Å². The summed E-state index contributed by atoms with van der Waals surface area (Å²) in [6.45, 7) is 0. The van der Waals surface area contributed by atoms with Crippen molar-refractivity contribution in [3.63, 3.8) is 0 Å². The van der Waals surface area contributed by atoms with Crippen molar-refractivity contribution in [1.82, 2.24) is 9.55 Å². The molecule has 0 saturated heterocycles. The molecule has 0 spiro atoms. The van der Waals surface area contributed by atoms with Crippen molar-refractivity contribution in [2.45, 2.75) is 0 Å². The molecule has 10 heteroatoms. The second-order valence-corrected chi connectivity index (χ2v) is 13.8. The SMILES string of the molecule is Bc1c(B)c(B)c2c(-c3ccc(-n4cnc5ccccc54)cc3)c3c(B)c(B)c(B)c(B)c3c(-c3ccc(-c4ccccc4)cc3)c2c1B. The van der Waals surface area contributed by atoms with Gasteiger partial charge in [-0.05, 0) is 79.2 Å². The summed E-state index contributed by atoms with van der Waals surface area (Å²) in [5.41, 5.74) is 21.8. The molecule has 49 heavy (non-hydrogen) atoms. The van der Waals surface area contributed by atoms with E-state index >= 15 is 0 Å². The van der Waals surface area contributed by atoms with E-state index in [-0.39, 0.29) is 0 Å². The fourth-order valence-corrected chi connectivity index (χ4v) is 8.12. The van der Waals surface area contributed by atoms with Crippen LogP contribution >= 0.6 is 0 Å². The Hall–Kier alpha value is -4.95. The fraction of sp³-hybridized carbons (Fsp3) is 0. The Balaban J connectivity index is 1.48. The van der Waals surface area contributed by atoms with Gasteiger partial charge >= 0.3 is 0 Å². The van der Waals surface area contributed by atoms with Crippen LogP contribution in [0.25, 0.3) is 71.6 Å². The van der Waals surface area contributed by atoms with Crippen LogP contribution in [0.4, 0.5) is 0 Å². The van der Waals surface area contributed by atoms with Gasteiger partial charge in [-0.1, -0.05) is 101 Å². The number of rotatable bonds is 4. The van der Waals surface area contributed by atoms with Crippen molar-refractivity contribution >= 4 is 139 Å². The van der Waals surface area contributed by atoms with Crippen molar-refractivity contribution in [3.8, 4) is 39.1 Å². The summed E-state index contributed by atoms with van der Waals surface area (Å²) >= 11 is 0. The van der Waals surface area contributed by atoms with Crippen molar-refractivity contribution < 1.29 is 0 Å². The first-order valence-electron chi connectivity index (χ1n) is 17.3. The van der Waals surface area contributed by atoms with Gasteiger partial charge in [0.2, 0.25) is 0 Å². The van der Waals surface area contributed by atoms with Crippen molar-refractivity contribution in [3.05, 3.63) is 109 Å². The van der Waals surface area contributed by atoms with Crippen LogP contribution in [0, 0.1) is 0 Å². The number of fused-ring (bicyclic) bond motifs is 3. The Labute approximate surface area is 296 Å². The Morgan fingerprint density at radius 2 is 0.755 bits per heavy atom. The molecule has 7 aromatic carbocycles. The third-order valence-electron chi connectivity index (χ3n) is 11.5. The minimum absolute atomic E-state index is 1.00. The lowest BCUT2D eigenvalue weighted by Crippen LogP contribution is -2.50. The number of hydrogen-bond acceptors (Lipinski definition) is 1. The maximum absolute atomic E-state index is 4.66. The first kappa shape index (κ1) is 31.3. The number of imidazole rings is 1. The summed E-state index contributed by atoms with van der Waals surface area (Å²) in [7, 11) is 18.5. The van der Waals surface area contributed by atoms with Crippen molar-refractivity contribution in [1.29, 1.82) is 0 Å². The monoisotopic (exact) mass is 618 g/mol. The van der Waals surface area contributed by atoms with Gasteiger partial charge in [-0.2, -0.15) is 0 Å². The molecule has 0 N–H and O–H groups in total. The quantitative estimate of drug-likeness (QED) is 0.148. The molecule has 8 rings (SSSR count). The molecule has 0 radical (unpaired) electrons. The highest BCUT2D eigenvalue weighted by atomic mass is 15.0. The van der Waals surface area contributed by atoms with E-state index in [0.717, 1.165) is 16.7 Å². The zero-order valence-electron chi connectivity index (χ0n) is 29.8. The van der Waals surface area contributed by atoms with Crippen LogP contribution in [-0.2, 0) is 0 Å². The lowest BCUT2D eigenvalue weighted by molar-refractivity contribution is 1.09. The summed E-state index contributed by atoms with van der Waals surface area (Å²) in [5.74, 6) is 0. The summed E-state index contributed by atoms with van der Waals surface area (Å²) in [4.78, 5) is 4.66. The van der Waals surface area contributed by atoms with Crippen LogP contribution in [0.1, 0.15) is 0 Å². The highest BCUT2D eigenvalue weighted by Gasteiger charge is 2.25. The van der Waals surface area contributed by atoms with Gasteiger partial charge in [-0.3, -0.25) is 4.57 Å². The van der Waals surface area contributed by atoms with Gasteiger partial charge in [0.1, 0.15) is 69.1 Å². The van der Waals surface area contributed by atoms with Crippen LogP contribution < -0.4 is 43.7 Å². The lowest BCUT2D eigenvalue weighted by Gasteiger charge is -2.28. The molecular formula is C39H34B8N2. The standard InChI is InChI=1S/C39H34B8N2/c40-32-28-26(21-12-10-20(11-13-21)19-6-2-1-3-7-19)29-31(35(43)39(47)37(45)33(29)41)27(30(28)34(42)38(46)36(32)44)22-14-16-23(17-15-22)49-18-48-24-8-4-5-9-25(24)49/h1-18H,40-47H2. The second kappa shape index (κ2) is 11.9. The highest BCUT2D eigenvalue weighted by molar-refractivity contribution is 6.71. The summed E-state index contributed by atoms with van der Waals surface area (Å²) in [6, 6.07) is 37.4. The van der Waals surface area contributed by atoms with E-state index in [9.17, 15) is 0 Å². The fourth-order valence-electron chi connectivity index (χ4n) is 8.12. The molecule has 224 valence electrons. The Kier molecular flexibility index (Phi) is 7.59. The number of aromatic nitrogens is 2. The minimum Gasteiger partial charge on any atom is -0.299 e. The largest absolute Gasteiger partial charge is 0.299 e. The van der Waals surface area contributed by atoms with Crippen LogP contribution in [0.3, 0.4) is 0 Å². The minimum atomic E-state index is 1.00. The maximum atomic E-state index is 4.66. The summed E-state index contributed by atoms with van der Waals surface area (Å²) in [5, 5.41) is 5.46. The molecule has 1 aromatic heterocycles. The molecule has 2 nitrogen and oxygen atoms in total. The van der Waals surface area contributed by atoms with Gasteiger partial charge in [0.15, 0.2) is 0 Å². The van der Waals surface area contributed by atoms with Gasteiger partial charge < -0.3 is 0 Å². The topological polar surface area (TPSA) is 17.8 Å². The Morgan fingerprint density at radius 1 is 0.367 bits per heavy atom. The normalized spacial score (nSPS) is 11.5. The molecular weight excluding hydrogens is 583 g/mol. The van der Waals surface area contributed by atoms with Crippen molar-refractivity contribution in [2.24, 2.45) is 0 Å². The first-order chi connectivity index (χ1) is 23.7. The van der Waals surface area contributed by atoms with Crippen LogP contribution in [-0.4, -0.2) is 72.3 Å². The average Bonchev–Trinajstić information content (AvgIpc) is 3.58. The van der Waals surface area contributed by atoms with Crippen LogP contribution in [0.5, 0.6) is 0 Å². The predicted molar refractivity (Wildman–Crippen MR) is 238 cm³/mol. The van der Waals surface area contributed by atoms with E-state index in [4.69, 9.17) is 0 Å². The smallest absolute Gasteiger partial charge is 0.139 e. The first-order valence-corrected chi connectivity index (χ1v) is 17.3.